The Hall–Kier alpha value is -6.35. The molecule has 4 nitrogen and oxygen atoms in total. The molecular formula is C67H66N4Pt. The van der Waals surface area contributed by atoms with Crippen LogP contribution in [-0.2, 0) is 48.1 Å². The second-order valence-corrected chi connectivity index (χ2v) is 24.5. The van der Waals surface area contributed by atoms with E-state index < -0.39 is 5.41 Å². The van der Waals surface area contributed by atoms with Crippen LogP contribution in [0, 0.1) is 19.9 Å². The van der Waals surface area contributed by atoms with Gasteiger partial charge in [-0.1, -0.05) is 185 Å². The molecule has 1 aliphatic rings. The van der Waals surface area contributed by atoms with Crippen LogP contribution in [0.2, 0.25) is 0 Å². The minimum Gasteiger partial charge on any atom is -0.656 e. The molecule has 0 atom stereocenters. The van der Waals surface area contributed by atoms with Crippen molar-refractivity contribution in [2.45, 2.75) is 124 Å². The van der Waals surface area contributed by atoms with Crippen LogP contribution in [0.15, 0.2) is 146 Å². The maximum atomic E-state index is 5.83. The van der Waals surface area contributed by atoms with Crippen molar-refractivity contribution in [3.8, 4) is 39.3 Å². The Labute approximate surface area is 441 Å². The van der Waals surface area contributed by atoms with Gasteiger partial charge in [-0.15, -0.1) is 46.4 Å². The quantitative estimate of drug-likeness (QED) is 0.161. The first kappa shape index (κ1) is 49.2. The zero-order valence-corrected chi connectivity index (χ0v) is 46.7. The Morgan fingerprint density at radius 3 is 1.72 bits per heavy atom. The van der Waals surface area contributed by atoms with Crippen molar-refractivity contribution in [3.05, 3.63) is 208 Å². The van der Waals surface area contributed by atoms with E-state index in [0.717, 1.165) is 66.9 Å². The van der Waals surface area contributed by atoms with Crippen LogP contribution in [0.25, 0.3) is 72.2 Å². The van der Waals surface area contributed by atoms with Crippen molar-refractivity contribution >= 4 is 32.8 Å². The number of hydrogen-bond acceptors (Lipinski definition) is 2. The molecule has 10 aromatic rings. The first-order chi connectivity index (χ1) is 33.5. The monoisotopic (exact) mass is 1120 g/mol. The molecule has 0 N–H and O–H groups in total. The summed E-state index contributed by atoms with van der Waals surface area (Å²) in [5.74, 6) is 0.867. The summed E-state index contributed by atoms with van der Waals surface area (Å²) in [6.07, 6.45) is 2.01. The molecule has 7 aromatic carbocycles. The fraction of sp³-hybridized carbons (Fsp3) is 0.284. The normalized spacial score (nSPS) is 13.7. The molecule has 11 rings (SSSR count). The van der Waals surface area contributed by atoms with Crippen LogP contribution in [0.1, 0.15) is 139 Å². The van der Waals surface area contributed by atoms with Gasteiger partial charge in [0.1, 0.15) is 5.82 Å². The van der Waals surface area contributed by atoms with Crippen LogP contribution in [0.3, 0.4) is 0 Å². The number of nitrogens with zero attached hydrogens (tertiary/aromatic N) is 4. The first-order valence-electron chi connectivity index (χ1n) is 25.4. The molecule has 364 valence electrons. The van der Waals surface area contributed by atoms with Crippen LogP contribution in [0.5, 0.6) is 0 Å². The molecule has 0 unspecified atom stereocenters. The maximum Gasteiger partial charge on any atom is 2.00 e. The summed E-state index contributed by atoms with van der Waals surface area (Å²) in [5.41, 5.74) is 21.6. The summed E-state index contributed by atoms with van der Waals surface area (Å²) in [6.45, 7) is 31.8. The third-order valence-corrected chi connectivity index (χ3v) is 15.2. The predicted molar refractivity (Wildman–Crippen MR) is 298 cm³/mol. The van der Waals surface area contributed by atoms with E-state index in [9.17, 15) is 0 Å². The van der Waals surface area contributed by atoms with E-state index in [0.29, 0.717) is 0 Å². The topological polar surface area (TPSA) is 44.8 Å². The van der Waals surface area contributed by atoms with Crippen molar-refractivity contribution < 1.29 is 21.1 Å². The van der Waals surface area contributed by atoms with Crippen LogP contribution < -0.4 is 4.98 Å². The van der Waals surface area contributed by atoms with Gasteiger partial charge >= 0.3 is 21.1 Å². The smallest absolute Gasteiger partial charge is 0.656 e. The summed E-state index contributed by atoms with van der Waals surface area (Å²) in [5, 5.41) is 2.34. The van der Waals surface area contributed by atoms with Crippen LogP contribution >= 0.6 is 0 Å². The Balaban J connectivity index is 0.00000596. The summed E-state index contributed by atoms with van der Waals surface area (Å²) < 4.78 is 2.37. The molecule has 72 heavy (non-hydrogen) atoms. The van der Waals surface area contributed by atoms with Crippen molar-refractivity contribution in [2.75, 3.05) is 0 Å². The van der Waals surface area contributed by atoms with E-state index in [4.69, 9.17) is 15.0 Å². The average molecular weight is 1120 g/mol. The van der Waals surface area contributed by atoms with E-state index in [2.05, 4.69) is 247 Å². The van der Waals surface area contributed by atoms with E-state index in [-0.39, 0.29) is 42.7 Å². The number of fused-ring (bicyclic) bond motifs is 7. The molecule has 0 bridgehead atoms. The molecule has 0 fully saturated rings. The molecule has 0 spiro atoms. The minimum absolute atomic E-state index is 0. The standard InChI is InChI=1S/C67H66N4.Pt/c1-40-21-28-50-51-29-22-41(2)34-56(51)67(55(50)33-40,59-39-45(31-32-68-59)65(9,10)11)46-18-15-17-42(35-46)49-19-16-20-58-61(49)70-62(71(58)48-26-23-43(24-27-48)63(3,4)5)54-38-47(66(12,13)14)37-53-52-36-44(64(6,7)8)25-30-57(52)69-60(53)54;/h15-34,36-39H,1-14H3;/q-2;+2. The van der Waals surface area contributed by atoms with Crippen molar-refractivity contribution in [1.29, 1.82) is 0 Å². The van der Waals surface area contributed by atoms with E-state index in [1.54, 1.807) is 0 Å². The van der Waals surface area contributed by atoms with Crippen LogP contribution in [-0.4, -0.2) is 14.5 Å². The summed E-state index contributed by atoms with van der Waals surface area (Å²) in [6, 6.07) is 56.5. The molecule has 0 radical (unpaired) electrons. The number of benzene rings is 7. The second-order valence-electron chi connectivity index (χ2n) is 24.5. The predicted octanol–water partition coefficient (Wildman–Crippen LogP) is 17.0. The number of pyridine rings is 1. The third-order valence-electron chi connectivity index (χ3n) is 15.2. The number of imidazole rings is 1. The Bertz CT molecular complexity index is 3710. The average Bonchev–Trinajstić information content (AvgIpc) is 3.98. The van der Waals surface area contributed by atoms with Gasteiger partial charge < -0.3 is 4.98 Å². The van der Waals surface area contributed by atoms with Crippen molar-refractivity contribution in [3.63, 3.8) is 0 Å². The number of hydrogen-bond donors (Lipinski definition) is 0. The van der Waals surface area contributed by atoms with Gasteiger partial charge in [-0.25, -0.2) is 4.98 Å². The summed E-state index contributed by atoms with van der Waals surface area (Å²) in [4.78, 5) is 16.6. The zero-order chi connectivity index (χ0) is 50.2. The van der Waals surface area contributed by atoms with Gasteiger partial charge in [0.15, 0.2) is 0 Å². The summed E-state index contributed by atoms with van der Waals surface area (Å²) >= 11 is 0. The molecule has 0 saturated heterocycles. The maximum absolute atomic E-state index is 5.83. The van der Waals surface area contributed by atoms with Crippen LogP contribution in [0.4, 0.5) is 0 Å². The van der Waals surface area contributed by atoms with E-state index >= 15 is 0 Å². The molecule has 0 saturated carbocycles. The fourth-order valence-electron chi connectivity index (χ4n) is 11.1. The van der Waals surface area contributed by atoms with Gasteiger partial charge in [0.05, 0.1) is 22.1 Å². The van der Waals surface area contributed by atoms with Gasteiger partial charge in [-0.05, 0) is 127 Å². The third kappa shape index (κ3) is 8.01. The molecule has 0 amide bonds. The molecule has 3 aromatic heterocycles. The van der Waals surface area contributed by atoms with Gasteiger partial charge in [0.25, 0.3) is 0 Å². The fourth-order valence-corrected chi connectivity index (χ4v) is 11.1. The minimum atomic E-state index is -0.732. The van der Waals surface area contributed by atoms with Gasteiger partial charge in [0, 0.05) is 17.4 Å². The van der Waals surface area contributed by atoms with Gasteiger partial charge in [0.2, 0.25) is 0 Å². The second kappa shape index (κ2) is 17.1. The number of rotatable bonds is 5. The van der Waals surface area contributed by atoms with Gasteiger partial charge in [-0.3, -0.25) is 9.55 Å². The van der Waals surface area contributed by atoms with E-state index in [1.807, 2.05) is 6.20 Å². The first-order valence-corrected chi connectivity index (χ1v) is 25.4. The molecule has 3 heterocycles. The van der Waals surface area contributed by atoms with Crippen molar-refractivity contribution in [2.24, 2.45) is 0 Å². The van der Waals surface area contributed by atoms with Gasteiger partial charge in [-0.2, -0.15) is 0 Å². The van der Waals surface area contributed by atoms with Crippen molar-refractivity contribution in [1.82, 2.24) is 19.5 Å². The Morgan fingerprint density at radius 2 is 1.10 bits per heavy atom. The summed E-state index contributed by atoms with van der Waals surface area (Å²) in [7, 11) is 0. The Kier molecular flexibility index (Phi) is 11.7. The Morgan fingerprint density at radius 1 is 0.514 bits per heavy atom. The number of aromatic nitrogens is 4. The van der Waals surface area contributed by atoms with E-state index in [1.165, 1.54) is 61.0 Å². The zero-order valence-electron chi connectivity index (χ0n) is 44.5. The SMILES string of the molecule is Cc1ccc2c(c1)C(c1[c-]c(-c3cccc4c3nc(-c3cc(C(C)(C)C)cc5c3[n-]c3ccc(C(C)(C)C)cc35)n4-c3ccc(C(C)(C)C)cc3)ccc1)(c1cc(C(C)(C)C)ccn1)c1cc(C)ccc1-2.[Pt+2]. The molecule has 5 heteroatoms. The molecule has 1 aliphatic carbocycles. The molecule has 0 aliphatic heterocycles. The number of aryl methyl sites for hydroxylation is 2. The molecular weight excluding hydrogens is 1060 g/mol. The largest absolute Gasteiger partial charge is 2.00 e. The number of para-hydroxylation sites is 1.